The van der Waals surface area contributed by atoms with Crippen molar-refractivity contribution in [3.8, 4) is 67.9 Å². The van der Waals surface area contributed by atoms with Crippen molar-refractivity contribution in [2.24, 2.45) is 0 Å². The quantitative estimate of drug-likeness (QED) is 0.114. The Labute approximate surface area is 454 Å². The summed E-state index contributed by atoms with van der Waals surface area (Å²) in [5.41, 5.74) is 18.9. The summed E-state index contributed by atoms with van der Waals surface area (Å²) < 4.78 is 18.5. The first kappa shape index (κ1) is 49.4. The Morgan fingerprint density at radius 3 is 1.56 bits per heavy atom. The summed E-state index contributed by atoms with van der Waals surface area (Å²) in [6.45, 7) is 18.2. The van der Waals surface area contributed by atoms with Crippen LogP contribution in [-0.4, -0.2) is 19.1 Å². The second-order valence-electron chi connectivity index (χ2n) is 20.8. The molecule has 0 aliphatic rings. The van der Waals surface area contributed by atoms with E-state index in [1.807, 2.05) is 30.3 Å². The average molecular weight is 1160 g/mol. The van der Waals surface area contributed by atoms with Crippen LogP contribution in [0.25, 0.3) is 100 Å². The van der Waals surface area contributed by atoms with Crippen LogP contribution < -0.4 is 4.74 Å². The number of fused-ring (bicyclic) bond motifs is 5. The van der Waals surface area contributed by atoms with Gasteiger partial charge in [-0.2, -0.15) is 0 Å². The van der Waals surface area contributed by atoms with Crippen LogP contribution >= 0.6 is 0 Å². The first-order chi connectivity index (χ1) is 36.0. The summed E-state index contributed by atoms with van der Waals surface area (Å²) in [6.07, 6.45) is 0. The van der Waals surface area contributed by atoms with Gasteiger partial charge >= 0.3 is 21.1 Å². The van der Waals surface area contributed by atoms with Gasteiger partial charge in [-0.05, 0) is 111 Å². The largest absolute Gasteiger partial charge is 2.00 e. The van der Waals surface area contributed by atoms with Gasteiger partial charge in [0.2, 0.25) is 0 Å². The number of ether oxygens (including phenoxy) is 1. The summed E-state index contributed by atoms with van der Waals surface area (Å²) in [5, 5.41) is 1.89. The van der Waals surface area contributed by atoms with Crippen molar-refractivity contribution in [1.29, 1.82) is 0 Å². The number of para-hydroxylation sites is 6. The number of rotatable bonds is 12. The molecule has 0 saturated heterocycles. The molecular weight excluding hydrogens is 1100 g/mol. The monoisotopic (exact) mass is 1160 g/mol. The summed E-state index contributed by atoms with van der Waals surface area (Å²) in [7, 11) is 0. The third-order valence-electron chi connectivity index (χ3n) is 14.5. The molecule has 3 heterocycles. The summed E-state index contributed by atoms with van der Waals surface area (Å²) >= 11 is 0. The molecule has 372 valence electrons. The maximum absolute atomic E-state index is 6.99. The Bertz CT molecular complexity index is 4010. The van der Waals surface area contributed by atoms with E-state index >= 15 is 0 Å². The fourth-order valence-corrected chi connectivity index (χ4v) is 10.8. The summed E-state index contributed by atoms with van der Waals surface area (Å²) in [6, 6.07) is 71.5. The maximum atomic E-state index is 6.99. The Kier molecular flexibility index (Phi) is 13.3. The van der Waals surface area contributed by atoms with Gasteiger partial charge in [0.15, 0.2) is 0 Å². The molecule has 9 aromatic carbocycles. The van der Waals surface area contributed by atoms with Crippen LogP contribution in [0.5, 0.6) is 11.5 Å². The predicted molar refractivity (Wildman–Crippen MR) is 305 cm³/mol. The minimum Gasteiger partial charge on any atom is -0.501 e. The van der Waals surface area contributed by atoms with E-state index in [1.54, 1.807) is 0 Å². The zero-order valence-electron chi connectivity index (χ0n) is 43.6. The maximum Gasteiger partial charge on any atom is 2.00 e. The molecule has 0 aliphatic carbocycles. The van der Waals surface area contributed by atoms with Crippen molar-refractivity contribution in [2.75, 3.05) is 0 Å². The van der Waals surface area contributed by atoms with Gasteiger partial charge in [-0.3, -0.25) is 9.97 Å². The van der Waals surface area contributed by atoms with Gasteiger partial charge in [-0.25, -0.2) is 0 Å². The molecule has 6 nitrogen and oxygen atoms in total. The molecule has 0 radical (unpaired) electrons. The number of benzene rings is 9. The minimum atomic E-state index is 0. The first-order valence-corrected chi connectivity index (χ1v) is 26.0. The molecule has 0 fully saturated rings. The van der Waals surface area contributed by atoms with Crippen LogP contribution in [0.4, 0.5) is 0 Å². The number of hydrogen-bond donors (Lipinski definition) is 0. The molecule has 0 unspecified atom stereocenters. The van der Waals surface area contributed by atoms with Gasteiger partial charge in [0.1, 0.15) is 5.58 Å². The predicted octanol–water partition coefficient (Wildman–Crippen LogP) is 18.8. The third-order valence-corrected chi connectivity index (χ3v) is 14.5. The van der Waals surface area contributed by atoms with Crippen LogP contribution in [0, 0.1) is 12.1 Å². The standard InChI is InChI=1S/C68H58N4O2.Pt/c1-41(2)52-25-19-26-53(42(3)4)64(52)71-61-29-15-13-27-59(61)69-67(71)48-22-18-23-50(36-48)73-51-39-57-54-24-12-17-31-63(54)74-66(57)58(40-51)68-70-60-28-14-16-30-62(60)72(68)65-55(43(5)6)37-49(38-56(65)44(7)8)47-34-32-46(33-35-47)45-20-10-9-11-21-45;/h9-35,37-39,41-44H,1-8H3;/q-2;+2. The van der Waals surface area contributed by atoms with Crippen LogP contribution in [0.3, 0.4) is 0 Å². The van der Waals surface area contributed by atoms with E-state index in [0.29, 0.717) is 34.5 Å². The molecule has 0 amide bonds. The summed E-state index contributed by atoms with van der Waals surface area (Å²) in [5.74, 6) is 3.53. The van der Waals surface area contributed by atoms with Gasteiger partial charge in [-0.1, -0.05) is 200 Å². The van der Waals surface area contributed by atoms with Gasteiger partial charge < -0.3 is 18.3 Å². The Morgan fingerprint density at radius 2 is 0.933 bits per heavy atom. The second-order valence-corrected chi connectivity index (χ2v) is 20.8. The van der Waals surface area contributed by atoms with Gasteiger partial charge in [-0.15, -0.1) is 23.8 Å². The van der Waals surface area contributed by atoms with E-state index in [1.165, 1.54) is 50.2 Å². The van der Waals surface area contributed by atoms with E-state index in [2.05, 4.69) is 228 Å². The second kappa shape index (κ2) is 20.1. The molecule has 12 aromatic rings. The molecule has 0 saturated carbocycles. The fraction of sp³-hybridized carbons (Fsp3) is 0.176. The van der Waals surface area contributed by atoms with E-state index in [9.17, 15) is 0 Å². The molecular formula is C68H58N4O2Pt. The average Bonchev–Trinajstić information content (AvgIpc) is 4.13. The zero-order chi connectivity index (χ0) is 50.8. The Hall–Kier alpha value is -7.79. The van der Waals surface area contributed by atoms with Crippen molar-refractivity contribution < 1.29 is 30.2 Å². The van der Waals surface area contributed by atoms with Crippen molar-refractivity contribution in [3.05, 3.63) is 216 Å². The van der Waals surface area contributed by atoms with Gasteiger partial charge in [0.25, 0.3) is 0 Å². The van der Waals surface area contributed by atoms with E-state index < -0.39 is 0 Å². The van der Waals surface area contributed by atoms with Gasteiger partial charge in [0.05, 0.1) is 39.3 Å². The van der Waals surface area contributed by atoms with E-state index in [-0.39, 0.29) is 32.9 Å². The zero-order valence-corrected chi connectivity index (χ0v) is 45.8. The Morgan fingerprint density at radius 1 is 0.427 bits per heavy atom. The van der Waals surface area contributed by atoms with Crippen molar-refractivity contribution in [1.82, 2.24) is 19.1 Å². The number of imidazole rings is 2. The fourth-order valence-electron chi connectivity index (χ4n) is 10.8. The van der Waals surface area contributed by atoms with Crippen LogP contribution in [0.15, 0.2) is 186 Å². The SMILES string of the molecule is CC(C)c1cccc(C(C)C)c1-n1c(-c2[c-]c(Oc3[c-]c(-c4nc5ccccc5n4-c4c(C(C)C)cc(-c5ccc(-c6ccccc6)cc5)cc4C(C)C)c4oc5ccccc5c4c3)ccc2)nc2ccccc21.[Pt+2]. The summed E-state index contributed by atoms with van der Waals surface area (Å²) in [4.78, 5) is 10.8. The Balaban J connectivity index is 0.00000602. The van der Waals surface area contributed by atoms with Gasteiger partial charge in [0, 0.05) is 28.3 Å². The van der Waals surface area contributed by atoms with Crippen molar-refractivity contribution in [3.63, 3.8) is 0 Å². The van der Waals surface area contributed by atoms with Crippen LogP contribution in [0.1, 0.15) is 101 Å². The normalized spacial score (nSPS) is 11.8. The molecule has 0 aliphatic heterocycles. The molecule has 7 heteroatoms. The van der Waals surface area contributed by atoms with E-state index in [0.717, 1.165) is 61.3 Å². The van der Waals surface area contributed by atoms with Crippen LogP contribution in [0.2, 0.25) is 0 Å². The molecule has 3 aromatic heterocycles. The molecule has 75 heavy (non-hydrogen) atoms. The number of nitrogens with zero attached hydrogens (tertiary/aromatic N) is 4. The number of hydrogen-bond acceptors (Lipinski definition) is 4. The number of furan rings is 1. The molecule has 0 N–H and O–H groups in total. The van der Waals surface area contributed by atoms with Crippen molar-refractivity contribution in [2.45, 2.75) is 79.1 Å². The van der Waals surface area contributed by atoms with Crippen LogP contribution in [-0.2, 0) is 21.1 Å². The number of aromatic nitrogens is 4. The smallest absolute Gasteiger partial charge is 0.501 e. The topological polar surface area (TPSA) is 58.0 Å². The minimum absolute atomic E-state index is 0. The molecule has 0 bridgehead atoms. The van der Waals surface area contributed by atoms with Crippen molar-refractivity contribution >= 4 is 44.0 Å². The molecule has 12 rings (SSSR count). The first-order valence-electron chi connectivity index (χ1n) is 26.0. The van der Waals surface area contributed by atoms with E-state index in [4.69, 9.17) is 19.1 Å². The molecule has 0 spiro atoms. The molecule has 0 atom stereocenters. The third kappa shape index (κ3) is 8.89.